The molecule has 1 amide bonds. The van der Waals surface area contributed by atoms with Gasteiger partial charge in [0, 0.05) is 5.56 Å². The third-order valence-electron chi connectivity index (χ3n) is 4.82. The van der Waals surface area contributed by atoms with E-state index in [2.05, 4.69) is 15.5 Å². The zero-order valence-electron chi connectivity index (χ0n) is 17.3. The van der Waals surface area contributed by atoms with Gasteiger partial charge in [0.25, 0.3) is 0 Å². The number of rotatable bonds is 7. The van der Waals surface area contributed by atoms with E-state index < -0.39 is 10.1 Å². The van der Waals surface area contributed by atoms with Crippen molar-refractivity contribution in [2.75, 3.05) is 0 Å². The van der Waals surface area contributed by atoms with Gasteiger partial charge in [-0.15, -0.1) is 5.10 Å². The quantitative estimate of drug-likeness (QED) is 0.317. The highest BCUT2D eigenvalue weighted by molar-refractivity contribution is 8.15. The van der Waals surface area contributed by atoms with Crippen LogP contribution in [0.1, 0.15) is 25.3 Å². The molecule has 1 atom stereocenters. The van der Waals surface area contributed by atoms with Crippen molar-refractivity contribution in [2.45, 2.75) is 29.9 Å². The summed E-state index contributed by atoms with van der Waals surface area (Å²) in [6, 6.07) is 18.8. The Balaban J connectivity index is 1.68. The highest BCUT2D eigenvalue weighted by Gasteiger charge is 2.29. The van der Waals surface area contributed by atoms with Crippen LogP contribution in [0.5, 0.6) is 5.75 Å². The predicted molar refractivity (Wildman–Crippen MR) is 128 cm³/mol. The lowest BCUT2D eigenvalue weighted by Gasteiger charge is -2.11. The number of carbonyl (C=O) groups is 1. The van der Waals surface area contributed by atoms with Crippen LogP contribution >= 0.6 is 11.8 Å². The van der Waals surface area contributed by atoms with Gasteiger partial charge in [0.05, 0.1) is 11.5 Å². The molecule has 3 aromatic rings. The Morgan fingerprint density at radius 3 is 2.59 bits per heavy atom. The second-order valence-electron chi connectivity index (χ2n) is 7.08. The normalized spacial score (nSPS) is 17.8. The summed E-state index contributed by atoms with van der Waals surface area (Å²) in [4.78, 5) is 12.0. The molecule has 1 fully saturated rings. The van der Waals surface area contributed by atoms with Crippen LogP contribution in [-0.2, 0) is 14.9 Å². The SMILES string of the molecule is CCC[C@H]1S/C(=N\N=C/c2c(OS(=O)(=O)c3ccccc3)ccc3ccccc23)NC1=O. The summed E-state index contributed by atoms with van der Waals surface area (Å²) >= 11 is 1.34. The molecule has 0 radical (unpaired) electrons. The van der Waals surface area contributed by atoms with Crippen LogP contribution in [0.3, 0.4) is 0 Å². The Bertz CT molecular complexity index is 1310. The standard InChI is InChI=1S/C23H21N3O4S2/c1-2-8-21-22(27)25-23(31-21)26-24-15-19-18-12-7-6-9-16(18)13-14-20(19)30-32(28,29)17-10-4-3-5-11-17/h3-7,9-15,21H,2,8H2,1H3,(H,25,26,27)/b24-15-/t21-/m1/s1. The number of hydrogen-bond acceptors (Lipinski definition) is 7. The number of hydrogen-bond donors (Lipinski definition) is 1. The summed E-state index contributed by atoms with van der Waals surface area (Å²) in [5.41, 5.74) is 0.478. The van der Waals surface area contributed by atoms with E-state index in [1.54, 1.807) is 30.3 Å². The summed E-state index contributed by atoms with van der Waals surface area (Å²) in [5, 5.41) is 12.9. The van der Waals surface area contributed by atoms with E-state index >= 15 is 0 Å². The average molecular weight is 468 g/mol. The Kier molecular flexibility index (Phi) is 6.57. The minimum Gasteiger partial charge on any atom is -0.378 e. The molecule has 4 rings (SSSR count). The van der Waals surface area contributed by atoms with Crippen LogP contribution in [0, 0.1) is 0 Å². The molecular formula is C23H21N3O4S2. The van der Waals surface area contributed by atoms with E-state index in [-0.39, 0.29) is 21.8 Å². The first kappa shape index (κ1) is 22.0. The van der Waals surface area contributed by atoms with Crippen molar-refractivity contribution >= 4 is 49.9 Å². The maximum Gasteiger partial charge on any atom is 0.339 e. The topological polar surface area (TPSA) is 97.2 Å². The predicted octanol–water partition coefficient (Wildman–Crippen LogP) is 4.33. The van der Waals surface area contributed by atoms with Crippen molar-refractivity contribution in [1.29, 1.82) is 0 Å². The molecule has 164 valence electrons. The minimum absolute atomic E-state index is 0.0586. The molecule has 3 aromatic carbocycles. The molecule has 9 heteroatoms. The number of fused-ring (bicyclic) bond motifs is 1. The number of nitrogens with one attached hydrogen (secondary N) is 1. The largest absolute Gasteiger partial charge is 0.378 e. The molecular weight excluding hydrogens is 446 g/mol. The van der Waals surface area contributed by atoms with Gasteiger partial charge in [-0.2, -0.15) is 13.5 Å². The van der Waals surface area contributed by atoms with Crippen molar-refractivity contribution < 1.29 is 17.4 Å². The Labute approximate surface area is 190 Å². The first-order chi connectivity index (χ1) is 15.5. The van der Waals surface area contributed by atoms with Gasteiger partial charge in [0.15, 0.2) is 10.9 Å². The zero-order valence-corrected chi connectivity index (χ0v) is 18.9. The molecule has 1 aliphatic heterocycles. The first-order valence-electron chi connectivity index (χ1n) is 10.1. The van der Waals surface area contributed by atoms with Crippen molar-refractivity contribution in [3.63, 3.8) is 0 Å². The molecule has 0 unspecified atom stereocenters. The molecule has 0 aliphatic carbocycles. The van der Waals surface area contributed by atoms with Crippen LogP contribution in [0.25, 0.3) is 10.8 Å². The summed E-state index contributed by atoms with van der Waals surface area (Å²) < 4.78 is 31.0. The molecule has 1 saturated heterocycles. The van der Waals surface area contributed by atoms with Gasteiger partial charge in [-0.3, -0.25) is 4.79 Å². The second-order valence-corrected chi connectivity index (χ2v) is 9.82. The van der Waals surface area contributed by atoms with Crippen LogP contribution in [-0.4, -0.2) is 31.0 Å². The van der Waals surface area contributed by atoms with Gasteiger partial charge in [-0.05, 0) is 35.4 Å². The minimum atomic E-state index is -4.02. The number of nitrogens with zero attached hydrogens (tertiary/aromatic N) is 2. The van der Waals surface area contributed by atoms with E-state index in [1.807, 2.05) is 31.2 Å². The molecule has 1 heterocycles. The molecule has 0 saturated carbocycles. The van der Waals surface area contributed by atoms with Crippen molar-refractivity contribution in [2.24, 2.45) is 10.2 Å². The summed E-state index contributed by atoms with van der Waals surface area (Å²) in [6.45, 7) is 2.02. The molecule has 32 heavy (non-hydrogen) atoms. The van der Waals surface area contributed by atoms with Gasteiger partial charge in [0.2, 0.25) is 5.91 Å². The zero-order chi connectivity index (χ0) is 22.6. The monoisotopic (exact) mass is 467 g/mol. The van der Waals surface area contributed by atoms with Gasteiger partial charge < -0.3 is 9.50 Å². The van der Waals surface area contributed by atoms with Crippen LogP contribution in [0.15, 0.2) is 81.8 Å². The maximum absolute atomic E-state index is 12.8. The summed E-state index contributed by atoms with van der Waals surface area (Å²) in [6.07, 6.45) is 3.11. The fraction of sp³-hybridized carbons (Fsp3) is 0.174. The molecule has 0 aromatic heterocycles. The van der Waals surface area contributed by atoms with E-state index in [0.717, 1.165) is 23.6 Å². The lowest BCUT2D eigenvalue weighted by Crippen LogP contribution is -2.24. The fourth-order valence-corrected chi connectivity index (χ4v) is 5.29. The van der Waals surface area contributed by atoms with Crippen LogP contribution < -0.4 is 9.50 Å². The van der Waals surface area contributed by atoms with E-state index in [4.69, 9.17) is 4.18 Å². The number of amides is 1. The van der Waals surface area contributed by atoms with E-state index in [1.165, 1.54) is 30.1 Å². The highest BCUT2D eigenvalue weighted by atomic mass is 32.2. The third kappa shape index (κ3) is 4.84. The number of thioether (sulfide) groups is 1. The van der Waals surface area contributed by atoms with Gasteiger partial charge >= 0.3 is 10.1 Å². The summed E-state index contributed by atoms with van der Waals surface area (Å²) in [5.74, 6) is 0.0670. The van der Waals surface area contributed by atoms with E-state index in [9.17, 15) is 13.2 Å². The van der Waals surface area contributed by atoms with Crippen LogP contribution in [0.4, 0.5) is 0 Å². The fourth-order valence-electron chi connectivity index (χ4n) is 3.28. The van der Waals surface area contributed by atoms with Crippen molar-refractivity contribution in [3.05, 3.63) is 72.3 Å². The highest BCUT2D eigenvalue weighted by Crippen LogP contribution is 2.29. The average Bonchev–Trinajstić information content (AvgIpc) is 3.15. The Morgan fingerprint density at radius 2 is 1.81 bits per heavy atom. The number of carbonyl (C=O) groups excluding carboxylic acids is 1. The molecule has 7 nitrogen and oxygen atoms in total. The Morgan fingerprint density at radius 1 is 1.06 bits per heavy atom. The molecule has 1 N–H and O–H groups in total. The van der Waals surface area contributed by atoms with Gasteiger partial charge in [0.1, 0.15) is 4.90 Å². The Hall–Kier alpha value is -3.17. The molecule has 1 aliphatic rings. The third-order valence-corrected chi connectivity index (χ3v) is 7.21. The number of benzene rings is 3. The van der Waals surface area contributed by atoms with Gasteiger partial charge in [-0.1, -0.05) is 73.6 Å². The molecule has 0 spiro atoms. The summed E-state index contributed by atoms with van der Waals surface area (Å²) in [7, 11) is -4.02. The van der Waals surface area contributed by atoms with Crippen LogP contribution in [0.2, 0.25) is 0 Å². The number of amidine groups is 1. The smallest absolute Gasteiger partial charge is 0.339 e. The van der Waals surface area contributed by atoms with E-state index in [0.29, 0.717) is 10.7 Å². The second kappa shape index (κ2) is 9.54. The van der Waals surface area contributed by atoms with Gasteiger partial charge in [-0.25, -0.2) is 0 Å². The van der Waals surface area contributed by atoms with Crippen molar-refractivity contribution in [3.8, 4) is 5.75 Å². The lowest BCUT2D eigenvalue weighted by molar-refractivity contribution is -0.118. The van der Waals surface area contributed by atoms with Crippen molar-refractivity contribution in [1.82, 2.24) is 5.32 Å². The molecule has 0 bridgehead atoms. The lowest BCUT2D eigenvalue weighted by atomic mass is 10.0. The first-order valence-corrected chi connectivity index (χ1v) is 12.4. The maximum atomic E-state index is 12.8.